The Hall–Kier alpha value is -2.18. The van der Waals surface area contributed by atoms with E-state index >= 15 is 0 Å². The predicted molar refractivity (Wildman–Crippen MR) is 62.0 cm³/mol. The molecule has 0 saturated heterocycles. The highest BCUT2D eigenvalue weighted by molar-refractivity contribution is 5.33. The highest BCUT2D eigenvalue weighted by atomic mass is 16.5. The molecular formula is C10H14N6O. The van der Waals surface area contributed by atoms with Crippen LogP contribution in [0.4, 0.5) is 5.95 Å². The second-order valence-electron chi connectivity index (χ2n) is 3.51. The first-order valence-corrected chi connectivity index (χ1v) is 5.30. The highest BCUT2D eigenvalue weighted by Gasteiger charge is 2.08. The zero-order valence-corrected chi connectivity index (χ0v) is 10.0. The second-order valence-corrected chi connectivity index (χ2v) is 3.51. The minimum absolute atomic E-state index is 0.275. The first-order valence-electron chi connectivity index (χ1n) is 5.30. The van der Waals surface area contributed by atoms with E-state index in [1.165, 1.54) is 0 Å². The number of hydrogen-bond acceptors (Lipinski definition) is 6. The monoisotopic (exact) mass is 234 g/mol. The Morgan fingerprint density at radius 1 is 1.41 bits per heavy atom. The molecule has 0 aromatic carbocycles. The molecule has 0 bridgehead atoms. The molecule has 0 unspecified atom stereocenters. The van der Waals surface area contributed by atoms with Gasteiger partial charge in [-0.25, -0.2) is 4.98 Å². The average molecular weight is 234 g/mol. The molecule has 0 aliphatic heterocycles. The first-order chi connectivity index (χ1) is 8.19. The summed E-state index contributed by atoms with van der Waals surface area (Å²) < 4.78 is 7.05. The smallest absolute Gasteiger partial charge is 0.342 e. The van der Waals surface area contributed by atoms with Crippen molar-refractivity contribution in [1.82, 2.24) is 24.7 Å². The van der Waals surface area contributed by atoms with Crippen LogP contribution in [0.15, 0.2) is 12.5 Å². The maximum atomic E-state index is 5.48. The molecule has 7 heteroatoms. The third-order valence-corrected chi connectivity index (χ3v) is 2.03. The quantitative estimate of drug-likeness (QED) is 0.854. The SMILES string of the molecule is CCNc1ncc(C)c(Oc2ncn(C)n2)n1. The second kappa shape index (κ2) is 4.77. The maximum Gasteiger partial charge on any atom is 0.342 e. The van der Waals surface area contributed by atoms with Crippen LogP contribution in [0.2, 0.25) is 0 Å². The molecule has 0 amide bonds. The van der Waals surface area contributed by atoms with Crippen molar-refractivity contribution in [1.29, 1.82) is 0 Å². The third kappa shape index (κ3) is 2.68. The van der Waals surface area contributed by atoms with Crippen molar-refractivity contribution in [2.24, 2.45) is 7.05 Å². The lowest BCUT2D eigenvalue weighted by atomic mass is 10.4. The van der Waals surface area contributed by atoms with Crippen LogP contribution in [-0.2, 0) is 7.05 Å². The van der Waals surface area contributed by atoms with E-state index in [0.29, 0.717) is 11.8 Å². The van der Waals surface area contributed by atoms with E-state index in [1.54, 1.807) is 24.3 Å². The Kier molecular flexibility index (Phi) is 3.17. The Morgan fingerprint density at radius 3 is 2.88 bits per heavy atom. The number of aryl methyl sites for hydroxylation is 2. The Morgan fingerprint density at radius 2 is 2.24 bits per heavy atom. The van der Waals surface area contributed by atoms with Crippen molar-refractivity contribution in [3.05, 3.63) is 18.1 Å². The fourth-order valence-electron chi connectivity index (χ4n) is 1.23. The molecule has 7 nitrogen and oxygen atoms in total. The number of ether oxygens (including phenoxy) is 1. The van der Waals surface area contributed by atoms with Gasteiger partial charge in [0, 0.05) is 25.4 Å². The molecule has 0 radical (unpaired) electrons. The molecule has 17 heavy (non-hydrogen) atoms. The summed E-state index contributed by atoms with van der Waals surface area (Å²) in [6.45, 7) is 4.60. The molecule has 2 rings (SSSR count). The van der Waals surface area contributed by atoms with Gasteiger partial charge in [0.25, 0.3) is 0 Å². The summed E-state index contributed by atoms with van der Waals surface area (Å²) in [7, 11) is 1.77. The Balaban J connectivity index is 2.22. The minimum atomic E-state index is 0.275. The topological polar surface area (TPSA) is 77.8 Å². The molecule has 1 N–H and O–H groups in total. The van der Waals surface area contributed by atoms with Gasteiger partial charge in [-0.05, 0) is 13.8 Å². The van der Waals surface area contributed by atoms with Crippen LogP contribution in [0.25, 0.3) is 0 Å². The van der Waals surface area contributed by atoms with Gasteiger partial charge in [-0.2, -0.15) is 9.97 Å². The zero-order valence-electron chi connectivity index (χ0n) is 10.0. The lowest BCUT2D eigenvalue weighted by Gasteiger charge is -2.06. The van der Waals surface area contributed by atoms with Gasteiger partial charge in [0.2, 0.25) is 11.8 Å². The van der Waals surface area contributed by atoms with Crippen molar-refractivity contribution in [3.63, 3.8) is 0 Å². The zero-order chi connectivity index (χ0) is 12.3. The molecule has 2 aromatic heterocycles. The van der Waals surface area contributed by atoms with Gasteiger partial charge in [0.15, 0.2) is 0 Å². The lowest BCUT2D eigenvalue weighted by molar-refractivity contribution is 0.419. The maximum absolute atomic E-state index is 5.48. The first kappa shape index (κ1) is 11.3. The van der Waals surface area contributed by atoms with Crippen LogP contribution in [-0.4, -0.2) is 31.3 Å². The fraction of sp³-hybridized carbons (Fsp3) is 0.400. The van der Waals surface area contributed by atoms with Crippen LogP contribution >= 0.6 is 0 Å². The van der Waals surface area contributed by atoms with Gasteiger partial charge in [0.05, 0.1) is 0 Å². The largest absolute Gasteiger partial charge is 0.404 e. The summed E-state index contributed by atoms with van der Waals surface area (Å²) in [6.07, 6.45) is 3.26. The summed E-state index contributed by atoms with van der Waals surface area (Å²) in [6, 6.07) is 0.275. The van der Waals surface area contributed by atoms with E-state index in [9.17, 15) is 0 Å². The van der Waals surface area contributed by atoms with E-state index in [-0.39, 0.29) is 6.01 Å². The third-order valence-electron chi connectivity index (χ3n) is 2.03. The number of anilines is 1. The van der Waals surface area contributed by atoms with Crippen LogP contribution in [0.3, 0.4) is 0 Å². The van der Waals surface area contributed by atoms with Crippen molar-refractivity contribution in [3.8, 4) is 11.9 Å². The van der Waals surface area contributed by atoms with Crippen molar-refractivity contribution in [2.75, 3.05) is 11.9 Å². The van der Waals surface area contributed by atoms with E-state index < -0.39 is 0 Å². The lowest BCUT2D eigenvalue weighted by Crippen LogP contribution is -2.04. The molecule has 90 valence electrons. The average Bonchev–Trinajstić information content (AvgIpc) is 2.69. The summed E-state index contributed by atoms with van der Waals surface area (Å²) in [5.41, 5.74) is 0.833. The molecule has 0 spiro atoms. The number of nitrogens with one attached hydrogen (secondary N) is 1. The van der Waals surface area contributed by atoms with Crippen LogP contribution < -0.4 is 10.1 Å². The van der Waals surface area contributed by atoms with Crippen LogP contribution in [0, 0.1) is 6.92 Å². The summed E-state index contributed by atoms with van der Waals surface area (Å²) in [5, 5.41) is 7.04. The van der Waals surface area contributed by atoms with Crippen molar-refractivity contribution >= 4 is 5.95 Å². The van der Waals surface area contributed by atoms with E-state index in [2.05, 4.69) is 25.4 Å². The standard InChI is InChI=1S/C10H14N6O/c1-4-11-9-12-5-7(2)8(14-9)17-10-13-6-16(3)15-10/h5-6H,4H2,1-3H3,(H,11,12,14). The molecule has 2 aromatic rings. The van der Waals surface area contributed by atoms with Crippen molar-refractivity contribution < 1.29 is 4.74 Å². The summed E-state index contributed by atoms with van der Waals surface area (Å²) in [5.74, 6) is 0.992. The van der Waals surface area contributed by atoms with Gasteiger partial charge < -0.3 is 10.1 Å². The van der Waals surface area contributed by atoms with E-state index in [4.69, 9.17) is 4.74 Å². The molecule has 0 saturated carbocycles. The van der Waals surface area contributed by atoms with Crippen LogP contribution in [0.1, 0.15) is 12.5 Å². The number of hydrogen-bond donors (Lipinski definition) is 1. The van der Waals surface area contributed by atoms with Gasteiger partial charge >= 0.3 is 6.01 Å². The van der Waals surface area contributed by atoms with Gasteiger partial charge in [0.1, 0.15) is 6.33 Å². The van der Waals surface area contributed by atoms with E-state index in [0.717, 1.165) is 12.1 Å². The number of nitrogens with zero attached hydrogens (tertiary/aromatic N) is 5. The molecule has 0 aliphatic carbocycles. The van der Waals surface area contributed by atoms with E-state index in [1.807, 2.05) is 13.8 Å². The predicted octanol–water partition coefficient (Wildman–Crippen LogP) is 1.14. The molecule has 0 atom stereocenters. The van der Waals surface area contributed by atoms with Gasteiger partial charge in [-0.15, -0.1) is 5.10 Å². The summed E-state index contributed by atoms with van der Waals surface area (Å²) >= 11 is 0. The number of aromatic nitrogens is 5. The number of rotatable bonds is 4. The molecule has 0 aliphatic rings. The molecule has 0 fully saturated rings. The van der Waals surface area contributed by atoms with Crippen molar-refractivity contribution in [2.45, 2.75) is 13.8 Å². The normalized spacial score (nSPS) is 10.3. The highest BCUT2D eigenvalue weighted by Crippen LogP contribution is 2.19. The molecule has 2 heterocycles. The Labute approximate surface area is 98.9 Å². The van der Waals surface area contributed by atoms with Crippen LogP contribution in [0.5, 0.6) is 11.9 Å². The fourth-order valence-corrected chi connectivity index (χ4v) is 1.23. The van der Waals surface area contributed by atoms with Gasteiger partial charge in [-0.1, -0.05) is 0 Å². The molecular weight excluding hydrogens is 220 g/mol. The van der Waals surface area contributed by atoms with Gasteiger partial charge in [-0.3, -0.25) is 4.68 Å². The summed E-state index contributed by atoms with van der Waals surface area (Å²) in [4.78, 5) is 12.3. The minimum Gasteiger partial charge on any atom is -0.404 e. The Bertz CT molecular complexity index is 509.